The van der Waals surface area contributed by atoms with Crippen LogP contribution in [-0.4, -0.2) is 25.6 Å². The maximum absolute atomic E-state index is 12.6. The fraction of sp³-hybridized carbons (Fsp3) is 0.235. The first kappa shape index (κ1) is 16.4. The van der Waals surface area contributed by atoms with E-state index in [-0.39, 0.29) is 10.7 Å². The van der Waals surface area contributed by atoms with Crippen LogP contribution in [-0.2, 0) is 16.6 Å². The first-order valence-corrected chi connectivity index (χ1v) is 8.38. The Morgan fingerprint density at radius 1 is 1.09 bits per heavy atom. The lowest BCUT2D eigenvalue weighted by molar-refractivity contribution is 0.101. The van der Waals surface area contributed by atoms with Gasteiger partial charge in [-0.05, 0) is 37.1 Å². The number of nitrogens with zero attached hydrogens (tertiary/aromatic N) is 1. The molecule has 0 spiro atoms. The fourth-order valence-electron chi connectivity index (χ4n) is 2.17. The number of carbonyl (C=O) groups excluding carboxylic acids is 1. The zero-order valence-corrected chi connectivity index (χ0v) is 13.7. The summed E-state index contributed by atoms with van der Waals surface area (Å²) < 4.78 is 26.6. The van der Waals surface area contributed by atoms with Crippen molar-refractivity contribution >= 4 is 15.8 Å². The predicted molar refractivity (Wildman–Crippen MR) is 86.3 cm³/mol. The molecule has 5 heteroatoms. The second kappa shape index (κ2) is 6.42. The number of carbonyl (C=O) groups is 1. The van der Waals surface area contributed by atoms with Crippen molar-refractivity contribution in [2.24, 2.45) is 0 Å². The summed E-state index contributed by atoms with van der Waals surface area (Å²) in [5, 5.41) is 0. The number of ketones is 1. The van der Waals surface area contributed by atoms with Crippen molar-refractivity contribution in [3.05, 3.63) is 65.2 Å². The monoisotopic (exact) mass is 317 g/mol. The van der Waals surface area contributed by atoms with Gasteiger partial charge in [-0.3, -0.25) is 4.79 Å². The Kier molecular flexibility index (Phi) is 4.78. The highest BCUT2D eigenvalue weighted by molar-refractivity contribution is 7.89. The molecule has 0 heterocycles. The van der Waals surface area contributed by atoms with Crippen molar-refractivity contribution in [3.8, 4) is 0 Å². The van der Waals surface area contributed by atoms with Gasteiger partial charge < -0.3 is 0 Å². The molecule has 0 saturated carbocycles. The summed E-state index contributed by atoms with van der Waals surface area (Å²) >= 11 is 0. The number of rotatable bonds is 5. The normalized spacial score (nSPS) is 11.6. The van der Waals surface area contributed by atoms with Crippen molar-refractivity contribution in [1.29, 1.82) is 0 Å². The zero-order valence-electron chi connectivity index (χ0n) is 12.9. The molecule has 0 aliphatic carbocycles. The molecule has 22 heavy (non-hydrogen) atoms. The SMILES string of the molecule is CC(=O)c1cccc(S(=O)(=O)N(C)Cc2ccccc2C)c1. The van der Waals surface area contributed by atoms with Crippen molar-refractivity contribution in [3.63, 3.8) is 0 Å². The standard InChI is InChI=1S/C17H19NO3S/c1-13-7-4-5-8-16(13)12-18(3)22(20,21)17-10-6-9-15(11-17)14(2)19/h4-11H,12H2,1-3H3. The van der Waals surface area contributed by atoms with E-state index in [2.05, 4.69) is 0 Å². The van der Waals surface area contributed by atoms with Gasteiger partial charge in [0.2, 0.25) is 10.0 Å². The molecule has 0 aliphatic heterocycles. The van der Waals surface area contributed by atoms with Gasteiger partial charge in [0.15, 0.2) is 5.78 Å². The van der Waals surface area contributed by atoms with Crippen LogP contribution < -0.4 is 0 Å². The number of aryl methyl sites for hydroxylation is 1. The maximum Gasteiger partial charge on any atom is 0.243 e. The van der Waals surface area contributed by atoms with E-state index in [4.69, 9.17) is 0 Å². The molecule has 0 fully saturated rings. The molecule has 0 aromatic heterocycles. The quantitative estimate of drug-likeness (QED) is 0.797. The molecule has 0 amide bonds. The Morgan fingerprint density at radius 3 is 2.41 bits per heavy atom. The Morgan fingerprint density at radius 2 is 1.77 bits per heavy atom. The number of Topliss-reactive ketones (excluding diaryl/α,β-unsaturated/α-hetero) is 1. The van der Waals surface area contributed by atoms with E-state index in [0.717, 1.165) is 11.1 Å². The van der Waals surface area contributed by atoms with Crippen LogP contribution in [0.15, 0.2) is 53.4 Å². The first-order valence-electron chi connectivity index (χ1n) is 6.94. The van der Waals surface area contributed by atoms with Gasteiger partial charge in [-0.15, -0.1) is 0 Å². The molecule has 0 aliphatic rings. The van der Waals surface area contributed by atoms with Gasteiger partial charge in [-0.1, -0.05) is 36.4 Å². The molecule has 2 aromatic rings. The van der Waals surface area contributed by atoms with Crippen LogP contribution in [0, 0.1) is 6.92 Å². The van der Waals surface area contributed by atoms with E-state index in [1.165, 1.54) is 23.4 Å². The van der Waals surface area contributed by atoms with Crippen molar-refractivity contribution in [2.75, 3.05) is 7.05 Å². The third-order valence-electron chi connectivity index (χ3n) is 3.60. The minimum Gasteiger partial charge on any atom is -0.295 e. The van der Waals surface area contributed by atoms with Crippen LogP contribution in [0.5, 0.6) is 0 Å². The van der Waals surface area contributed by atoms with Crippen molar-refractivity contribution in [2.45, 2.75) is 25.3 Å². The zero-order chi connectivity index (χ0) is 16.3. The summed E-state index contributed by atoms with van der Waals surface area (Å²) in [5.41, 5.74) is 2.39. The van der Waals surface area contributed by atoms with Crippen molar-refractivity contribution < 1.29 is 13.2 Å². The highest BCUT2D eigenvalue weighted by atomic mass is 32.2. The van der Waals surface area contributed by atoms with Gasteiger partial charge >= 0.3 is 0 Å². The van der Waals surface area contributed by atoms with Crippen LogP contribution >= 0.6 is 0 Å². The minimum absolute atomic E-state index is 0.135. The smallest absolute Gasteiger partial charge is 0.243 e. The lowest BCUT2D eigenvalue weighted by Crippen LogP contribution is -2.27. The number of hydrogen-bond donors (Lipinski definition) is 0. The van der Waals surface area contributed by atoms with E-state index < -0.39 is 10.0 Å². The summed E-state index contributed by atoms with van der Waals surface area (Å²) in [4.78, 5) is 11.6. The molecular weight excluding hydrogens is 298 g/mol. The molecule has 0 unspecified atom stereocenters. The van der Waals surface area contributed by atoms with Crippen LogP contribution in [0.4, 0.5) is 0 Å². The van der Waals surface area contributed by atoms with Crippen LogP contribution in [0.25, 0.3) is 0 Å². The van der Waals surface area contributed by atoms with Gasteiger partial charge in [0.1, 0.15) is 0 Å². The molecular formula is C17H19NO3S. The lowest BCUT2D eigenvalue weighted by atomic mass is 10.1. The Bertz CT molecular complexity index is 797. The second-order valence-corrected chi connectivity index (χ2v) is 7.32. The average molecular weight is 317 g/mol. The van der Waals surface area contributed by atoms with Gasteiger partial charge in [0.25, 0.3) is 0 Å². The fourth-order valence-corrected chi connectivity index (χ4v) is 3.36. The van der Waals surface area contributed by atoms with E-state index in [9.17, 15) is 13.2 Å². The molecule has 116 valence electrons. The summed E-state index contributed by atoms with van der Waals surface area (Å²) in [6.07, 6.45) is 0. The molecule has 0 saturated heterocycles. The Balaban J connectivity index is 2.32. The number of benzene rings is 2. The molecule has 4 nitrogen and oxygen atoms in total. The molecule has 0 N–H and O–H groups in total. The largest absolute Gasteiger partial charge is 0.295 e. The summed E-state index contributed by atoms with van der Waals surface area (Å²) in [7, 11) is -2.08. The van der Waals surface area contributed by atoms with Gasteiger partial charge in [-0.2, -0.15) is 4.31 Å². The van der Waals surface area contributed by atoms with Crippen molar-refractivity contribution in [1.82, 2.24) is 4.31 Å². The second-order valence-electron chi connectivity index (χ2n) is 5.27. The van der Waals surface area contributed by atoms with Gasteiger partial charge in [-0.25, -0.2) is 8.42 Å². The van der Waals surface area contributed by atoms with Crippen LogP contribution in [0.1, 0.15) is 28.4 Å². The van der Waals surface area contributed by atoms with E-state index >= 15 is 0 Å². The number of sulfonamides is 1. The topological polar surface area (TPSA) is 54.5 Å². The predicted octanol–water partition coefficient (Wildman–Crippen LogP) is 3.02. The summed E-state index contributed by atoms with van der Waals surface area (Å²) in [6.45, 7) is 3.66. The van der Waals surface area contributed by atoms with Gasteiger partial charge in [0.05, 0.1) is 4.90 Å². The third kappa shape index (κ3) is 3.43. The minimum atomic E-state index is -3.63. The summed E-state index contributed by atoms with van der Waals surface area (Å²) in [6, 6.07) is 13.8. The molecule has 2 rings (SSSR count). The van der Waals surface area contributed by atoms with E-state index in [1.54, 1.807) is 19.2 Å². The van der Waals surface area contributed by atoms with E-state index in [0.29, 0.717) is 12.1 Å². The summed E-state index contributed by atoms with van der Waals surface area (Å²) in [5.74, 6) is -0.154. The molecule has 0 bridgehead atoms. The Labute approximate surface area is 131 Å². The average Bonchev–Trinajstić information content (AvgIpc) is 2.49. The lowest BCUT2D eigenvalue weighted by Gasteiger charge is -2.18. The van der Waals surface area contributed by atoms with Gasteiger partial charge in [0, 0.05) is 19.2 Å². The Hall–Kier alpha value is -1.98. The maximum atomic E-state index is 12.6. The molecule has 0 radical (unpaired) electrons. The third-order valence-corrected chi connectivity index (χ3v) is 5.40. The highest BCUT2D eigenvalue weighted by Crippen LogP contribution is 2.19. The van der Waals surface area contributed by atoms with Crippen LogP contribution in [0.2, 0.25) is 0 Å². The highest BCUT2D eigenvalue weighted by Gasteiger charge is 2.22. The van der Waals surface area contributed by atoms with Crippen LogP contribution in [0.3, 0.4) is 0 Å². The molecule has 0 atom stereocenters. The first-order chi connectivity index (χ1) is 10.3. The number of hydrogen-bond acceptors (Lipinski definition) is 3. The van der Waals surface area contributed by atoms with E-state index in [1.807, 2.05) is 31.2 Å². The molecule has 2 aromatic carbocycles.